The van der Waals surface area contributed by atoms with Crippen LogP contribution >= 0.6 is 43.5 Å². The van der Waals surface area contributed by atoms with Gasteiger partial charge in [-0.15, -0.1) is 0 Å². The number of carboxylic acid groups (broad SMARTS) is 1. The summed E-state index contributed by atoms with van der Waals surface area (Å²) in [4.78, 5) is 11.1. The fourth-order valence-corrected chi connectivity index (χ4v) is 2.73. The third kappa shape index (κ3) is 3.49. The SMILES string of the molecule is O=C(O)c1cc(Cl)ccc1Oc1ccc(Br)cc1Br. The molecule has 0 radical (unpaired) electrons. The van der Waals surface area contributed by atoms with Crippen molar-refractivity contribution in [3.8, 4) is 11.5 Å². The minimum atomic E-state index is -1.09. The molecule has 0 saturated heterocycles. The van der Waals surface area contributed by atoms with Gasteiger partial charge in [0, 0.05) is 9.50 Å². The fourth-order valence-electron chi connectivity index (χ4n) is 1.43. The lowest BCUT2D eigenvalue weighted by molar-refractivity contribution is 0.0694. The Morgan fingerprint density at radius 3 is 2.42 bits per heavy atom. The summed E-state index contributed by atoms with van der Waals surface area (Å²) in [6.07, 6.45) is 0. The minimum absolute atomic E-state index is 0.0160. The second-order valence-corrected chi connectivity index (χ2v) is 5.83. The fraction of sp³-hybridized carbons (Fsp3) is 0. The van der Waals surface area contributed by atoms with Crippen molar-refractivity contribution in [2.45, 2.75) is 0 Å². The molecule has 0 spiro atoms. The highest BCUT2D eigenvalue weighted by Gasteiger charge is 2.14. The van der Waals surface area contributed by atoms with Crippen LogP contribution < -0.4 is 4.74 Å². The molecule has 0 bridgehead atoms. The second kappa shape index (κ2) is 5.94. The zero-order valence-corrected chi connectivity index (χ0v) is 13.3. The molecule has 0 aromatic heterocycles. The van der Waals surface area contributed by atoms with Crippen LogP contribution in [0.4, 0.5) is 0 Å². The molecule has 2 aromatic carbocycles. The summed E-state index contributed by atoms with van der Waals surface area (Å²) in [5.41, 5.74) is 0.0160. The van der Waals surface area contributed by atoms with E-state index < -0.39 is 5.97 Å². The van der Waals surface area contributed by atoms with Gasteiger partial charge in [0.05, 0.1) is 4.47 Å². The Morgan fingerprint density at radius 2 is 1.79 bits per heavy atom. The van der Waals surface area contributed by atoms with E-state index in [1.807, 2.05) is 6.07 Å². The van der Waals surface area contributed by atoms with Crippen LogP contribution in [0, 0.1) is 0 Å². The van der Waals surface area contributed by atoms with Crippen molar-refractivity contribution in [2.24, 2.45) is 0 Å². The van der Waals surface area contributed by atoms with E-state index in [0.717, 1.165) is 4.47 Å². The van der Waals surface area contributed by atoms with Gasteiger partial charge in [0.2, 0.25) is 0 Å². The molecule has 0 heterocycles. The molecule has 2 rings (SSSR count). The van der Waals surface area contributed by atoms with Crippen LogP contribution in [0.25, 0.3) is 0 Å². The molecule has 3 nitrogen and oxygen atoms in total. The third-order valence-electron chi connectivity index (χ3n) is 2.29. The standard InChI is InChI=1S/C13H7Br2ClO3/c14-7-1-3-12(10(15)5-7)19-11-4-2-8(16)6-9(11)13(17)18/h1-6H,(H,17,18). The molecule has 0 aliphatic heterocycles. The maximum Gasteiger partial charge on any atom is 0.339 e. The molecule has 0 saturated carbocycles. The number of hydrogen-bond acceptors (Lipinski definition) is 2. The van der Waals surface area contributed by atoms with Gasteiger partial charge in [-0.25, -0.2) is 4.79 Å². The Bertz CT molecular complexity index is 644. The summed E-state index contributed by atoms with van der Waals surface area (Å²) in [7, 11) is 0. The molecule has 0 unspecified atom stereocenters. The van der Waals surface area contributed by atoms with E-state index in [0.29, 0.717) is 15.2 Å². The van der Waals surface area contributed by atoms with Crippen molar-refractivity contribution in [2.75, 3.05) is 0 Å². The zero-order valence-electron chi connectivity index (χ0n) is 9.36. The first-order chi connectivity index (χ1) is 8.97. The smallest absolute Gasteiger partial charge is 0.339 e. The normalized spacial score (nSPS) is 10.3. The summed E-state index contributed by atoms with van der Waals surface area (Å²) in [5.74, 6) is -0.335. The summed E-state index contributed by atoms with van der Waals surface area (Å²) in [6, 6.07) is 9.80. The quantitative estimate of drug-likeness (QED) is 0.747. The lowest BCUT2D eigenvalue weighted by atomic mass is 10.2. The van der Waals surface area contributed by atoms with Gasteiger partial charge in [-0.1, -0.05) is 27.5 Å². The van der Waals surface area contributed by atoms with Gasteiger partial charge in [-0.05, 0) is 52.3 Å². The first-order valence-electron chi connectivity index (χ1n) is 5.13. The van der Waals surface area contributed by atoms with Crippen molar-refractivity contribution in [3.63, 3.8) is 0 Å². The van der Waals surface area contributed by atoms with Gasteiger partial charge in [0.1, 0.15) is 17.1 Å². The molecule has 0 amide bonds. The topological polar surface area (TPSA) is 46.5 Å². The predicted octanol–water partition coefficient (Wildman–Crippen LogP) is 5.36. The average molecular weight is 406 g/mol. The molecule has 0 atom stereocenters. The van der Waals surface area contributed by atoms with Gasteiger partial charge in [-0.2, -0.15) is 0 Å². The van der Waals surface area contributed by atoms with Crippen LogP contribution in [0.5, 0.6) is 11.5 Å². The first kappa shape index (κ1) is 14.4. The van der Waals surface area contributed by atoms with Crippen LogP contribution in [-0.4, -0.2) is 11.1 Å². The van der Waals surface area contributed by atoms with E-state index in [9.17, 15) is 4.79 Å². The molecule has 19 heavy (non-hydrogen) atoms. The van der Waals surface area contributed by atoms with E-state index >= 15 is 0 Å². The molecular weight excluding hydrogens is 399 g/mol. The minimum Gasteiger partial charge on any atom is -0.478 e. The Hall–Kier alpha value is -1.04. The monoisotopic (exact) mass is 404 g/mol. The lowest BCUT2D eigenvalue weighted by Crippen LogP contribution is -2.00. The van der Waals surface area contributed by atoms with E-state index in [-0.39, 0.29) is 11.3 Å². The van der Waals surface area contributed by atoms with E-state index in [2.05, 4.69) is 31.9 Å². The van der Waals surface area contributed by atoms with Crippen LogP contribution in [0.2, 0.25) is 5.02 Å². The molecule has 0 fully saturated rings. The van der Waals surface area contributed by atoms with E-state index in [1.165, 1.54) is 12.1 Å². The van der Waals surface area contributed by atoms with Gasteiger partial charge in [-0.3, -0.25) is 0 Å². The number of carboxylic acids is 1. The largest absolute Gasteiger partial charge is 0.478 e. The highest BCUT2D eigenvalue weighted by Crippen LogP contribution is 2.34. The molecule has 98 valence electrons. The molecule has 6 heteroatoms. The van der Waals surface area contributed by atoms with Gasteiger partial charge < -0.3 is 9.84 Å². The van der Waals surface area contributed by atoms with E-state index in [1.54, 1.807) is 18.2 Å². The lowest BCUT2D eigenvalue weighted by Gasteiger charge is -2.10. The number of ether oxygens (including phenoxy) is 1. The Kier molecular flexibility index (Phi) is 4.50. The summed E-state index contributed by atoms with van der Waals surface area (Å²) in [5, 5.41) is 9.47. The highest BCUT2D eigenvalue weighted by molar-refractivity contribution is 9.11. The van der Waals surface area contributed by atoms with Crippen molar-refractivity contribution in [3.05, 3.63) is 55.9 Å². The Morgan fingerprint density at radius 1 is 1.11 bits per heavy atom. The Labute approximate surface area is 131 Å². The summed E-state index contributed by atoms with van der Waals surface area (Å²) >= 11 is 12.5. The number of halogens is 3. The number of carbonyl (C=O) groups is 1. The van der Waals surface area contributed by atoms with Gasteiger partial charge in [0.25, 0.3) is 0 Å². The number of benzene rings is 2. The molecule has 0 aliphatic carbocycles. The van der Waals surface area contributed by atoms with Crippen molar-refractivity contribution >= 4 is 49.4 Å². The second-order valence-electron chi connectivity index (χ2n) is 3.62. The third-order valence-corrected chi connectivity index (χ3v) is 3.63. The summed E-state index contributed by atoms with van der Waals surface area (Å²) < 4.78 is 7.21. The van der Waals surface area contributed by atoms with Crippen LogP contribution in [0.15, 0.2) is 45.3 Å². The zero-order chi connectivity index (χ0) is 14.0. The van der Waals surface area contributed by atoms with Gasteiger partial charge >= 0.3 is 5.97 Å². The predicted molar refractivity (Wildman–Crippen MR) is 80.3 cm³/mol. The first-order valence-corrected chi connectivity index (χ1v) is 7.09. The number of aromatic carboxylic acids is 1. The van der Waals surface area contributed by atoms with Crippen LogP contribution in [0.3, 0.4) is 0 Å². The van der Waals surface area contributed by atoms with Crippen molar-refractivity contribution in [1.29, 1.82) is 0 Å². The highest BCUT2D eigenvalue weighted by atomic mass is 79.9. The summed E-state index contributed by atoms with van der Waals surface area (Å²) in [6.45, 7) is 0. The van der Waals surface area contributed by atoms with Crippen LogP contribution in [-0.2, 0) is 0 Å². The maximum absolute atomic E-state index is 11.1. The maximum atomic E-state index is 11.1. The van der Waals surface area contributed by atoms with Crippen LogP contribution in [0.1, 0.15) is 10.4 Å². The molecule has 1 N–H and O–H groups in total. The number of rotatable bonds is 3. The van der Waals surface area contributed by atoms with Crippen molar-refractivity contribution in [1.82, 2.24) is 0 Å². The van der Waals surface area contributed by atoms with Gasteiger partial charge in [0.15, 0.2) is 0 Å². The average Bonchev–Trinajstić information content (AvgIpc) is 2.34. The molecule has 2 aromatic rings. The molecule has 0 aliphatic rings. The molecular formula is C13H7Br2ClO3. The number of hydrogen-bond donors (Lipinski definition) is 1. The van der Waals surface area contributed by atoms with Crippen molar-refractivity contribution < 1.29 is 14.6 Å². The Balaban J connectivity index is 2.40. The van der Waals surface area contributed by atoms with E-state index in [4.69, 9.17) is 21.4 Å².